The Kier molecular flexibility index (Phi) is 5.40. The zero-order chi connectivity index (χ0) is 14.5. The number of carbonyl (C=O) groups is 2. The minimum atomic E-state index is -0.0949. The van der Waals surface area contributed by atoms with Crippen LogP contribution in [-0.4, -0.2) is 67.4 Å². The molecule has 1 N–H and O–H groups in total. The van der Waals surface area contributed by atoms with Crippen LogP contribution in [0.3, 0.4) is 0 Å². The number of unbranched alkanes of at least 4 members (excludes halogenated alkanes) is 1. The smallest absolute Gasteiger partial charge is 0.228 e. The zero-order valence-electron chi connectivity index (χ0n) is 12.9. The molecule has 0 saturated carbocycles. The summed E-state index contributed by atoms with van der Waals surface area (Å²) in [5.74, 6) is 0.268. The molecule has 0 radical (unpaired) electrons. The third-order valence-electron chi connectivity index (χ3n) is 4.63. The van der Waals surface area contributed by atoms with Crippen molar-refractivity contribution in [1.29, 1.82) is 0 Å². The van der Waals surface area contributed by atoms with Gasteiger partial charge in [0, 0.05) is 19.5 Å². The number of carbonyl (C=O) groups excluding carboxylic acids is 2. The standard InChI is InChI=1S/C15H27N3O2/c1-3-5-6-18-12-13(11-14(18)19)15(20)17-9-7-16(4-2)8-10-17/h13H,3-12H2,1-2H3/p+1/t13-/m0/s1. The molecule has 2 fully saturated rings. The maximum absolute atomic E-state index is 12.5. The minimum absolute atomic E-state index is 0.0949. The molecule has 0 unspecified atom stereocenters. The molecule has 0 aromatic carbocycles. The number of nitrogens with one attached hydrogen (secondary N) is 1. The van der Waals surface area contributed by atoms with E-state index in [1.54, 1.807) is 4.90 Å². The highest BCUT2D eigenvalue weighted by Gasteiger charge is 2.37. The summed E-state index contributed by atoms with van der Waals surface area (Å²) < 4.78 is 0. The molecule has 2 aliphatic rings. The van der Waals surface area contributed by atoms with Gasteiger partial charge < -0.3 is 14.7 Å². The Morgan fingerprint density at radius 3 is 2.60 bits per heavy atom. The second kappa shape index (κ2) is 7.07. The molecule has 1 atom stereocenters. The third kappa shape index (κ3) is 3.51. The minimum Gasteiger partial charge on any atom is -0.342 e. The molecule has 5 heteroatoms. The van der Waals surface area contributed by atoms with Gasteiger partial charge in [-0.05, 0) is 13.3 Å². The average Bonchev–Trinajstić information content (AvgIpc) is 2.85. The number of likely N-dealkylation sites (N-methyl/N-ethyl adjacent to an activating group) is 1. The molecule has 0 aromatic rings. The fraction of sp³-hybridized carbons (Fsp3) is 0.867. The molecule has 5 nitrogen and oxygen atoms in total. The van der Waals surface area contributed by atoms with E-state index in [4.69, 9.17) is 0 Å². The van der Waals surface area contributed by atoms with Crippen LogP contribution in [-0.2, 0) is 9.59 Å². The molecule has 0 bridgehead atoms. The van der Waals surface area contributed by atoms with Gasteiger partial charge in [-0.2, -0.15) is 0 Å². The Morgan fingerprint density at radius 2 is 2.00 bits per heavy atom. The van der Waals surface area contributed by atoms with Gasteiger partial charge >= 0.3 is 0 Å². The van der Waals surface area contributed by atoms with E-state index in [2.05, 4.69) is 13.8 Å². The van der Waals surface area contributed by atoms with E-state index in [0.717, 1.165) is 52.1 Å². The summed E-state index contributed by atoms with van der Waals surface area (Å²) in [6.07, 6.45) is 2.54. The second-order valence-corrected chi connectivity index (χ2v) is 6.02. The van der Waals surface area contributed by atoms with Gasteiger partial charge in [-0.1, -0.05) is 13.3 Å². The Morgan fingerprint density at radius 1 is 1.30 bits per heavy atom. The topological polar surface area (TPSA) is 45.1 Å². The molecular formula is C15H28N3O2+. The SMILES string of the molecule is CCCCN1C[C@@H](C(=O)N2CC[NH+](CC)CC2)CC1=O. The molecule has 0 aromatic heterocycles. The first kappa shape index (κ1) is 15.3. The second-order valence-electron chi connectivity index (χ2n) is 6.02. The van der Waals surface area contributed by atoms with Crippen LogP contribution in [0.1, 0.15) is 33.1 Å². The van der Waals surface area contributed by atoms with Crippen molar-refractivity contribution in [2.24, 2.45) is 5.92 Å². The Hall–Kier alpha value is -1.10. The van der Waals surface area contributed by atoms with Crippen molar-refractivity contribution >= 4 is 11.8 Å². The van der Waals surface area contributed by atoms with E-state index in [1.807, 2.05) is 9.80 Å². The predicted octanol–water partition coefficient (Wildman–Crippen LogP) is -0.618. The summed E-state index contributed by atoms with van der Waals surface area (Å²) >= 11 is 0. The van der Waals surface area contributed by atoms with E-state index >= 15 is 0 Å². The molecule has 114 valence electrons. The van der Waals surface area contributed by atoms with Gasteiger partial charge in [0.1, 0.15) is 0 Å². The van der Waals surface area contributed by atoms with Crippen molar-refractivity contribution in [2.75, 3.05) is 45.8 Å². The monoisotopic (exact) mass is 282 g/mol. The lowest BCUT2D eigenvalue weighted by molar-refractivity contribution is -0.902. The number of hydrogen-bond acceptors (Lipinski definition) is 2. The first-order valence-electron chi connectivity index (χ1n) is 8.05. The Labute approximate surface area is 121 Å². The third-order valence-corrected chi connectivity index (χ3v) is 4.63. The number of likely N-dealkylation sites (tertiary alicyclic amines) is 1. The van der Waals surface area contributed by atoms with Crippen LogP contribution >= 0.6 is 0 Å². The lowest BCUT2D eigenvalue weighted by atomic mass is 10.1. The van der Waals surface area contributed by atoms with E-state index in [-0.39, 0.29) is 17.7 Å². The predicted molar refractivity (Wildman–Crippen MR) is 77.4 cm³/mol. The number of amides is 2. The first-order chi connectivity index (χ1) is 9.65. The highest BCUT2D eigenvalue weighted by molar-refractivity contribution is 5.89. The maximum atomic E-state index is 12.5. The molecule has 2 aliphatic heterocycles. The molecule has 2 saturated heterocycles. The van der Waals surface area contributed by atoms with Crippen LogP contribution in [0, 0.1) is 5.92 Å². The van der Waals surface area contributed by atoms with Gasteiger partial charge in [0.25, 0.3) is 0 Å². The average molecular weight is 282 g/mol. The summed E-state index contributed by atoms with van der Waals surface area (Å²) in [5.41, 5.74) is 0. The fourth-order valence-corrected chi connectivity index (χ4v) is 3.16. The van der Waals surface area contributed by atoms with E-state index in [1.165, 1.54) is 0 Å². The number of nitrogens with zero attached hydrogens (tertiary/aromatic N) is 2. The molecule has 0 aliphatic carbocycles. The molecule has 2 rings (SSSR count). The summed E-state index contributed by atoms with van der Waals surface area (Å²) in [7, 11) is 0. The maximum Gasteiger partial charge on any atom is 0.228 e. The van der Waals surface area contributed by atoms with Crippen LogP contribution in [0.15, 0.2) is 0 Å². The van der Waals surface area contributed by atoms with Crippen LogP contribution in [0.5, 0.6) is 0 Å². The Bertz CT molecular complexity index is 351. The van der Waals surface area contributed by atoms with Gasteiger partial charge in [0.05, 0.1) is 38.6 Å². The zero-order valence-corrected chi connectivity index (χ0v) is 12.9. The van der Waals surface area contributed by atoms with Crippen molar-refractivity contribution in [3.05, 3.63) is 0 Å². The van der Waals surface area contributed by atoms with Crippen molar-refractivity contribution in [3.63, 3.8) is 0 Å². The van der Waals surface area contributed by atoms with Gasteiger partial charge in [-0.25, -0.2) is 0 Å². The summed E-state index contributed by atoms with van der Waals surface area (Å²) in [5, 5.41) is 0. The van der Waals surface area contributed by atoms with Crippen molar-refractivity contribution in [2.45, 2.75) is 33.1 Å². The van der Waals surface area contributed by atoms with Crippen molar-refractivity contribution in [3.8, 4) is 0 Å². The lowest BCUT2D eigenvalue weighted by Gasteiger charge is -2.33. The quantitative estimate of drug-likeness (QED) is 0.731. The van der Waals surface area contributed by atoms with Crippen LogP contribution < -0.4 is 4.90 Å². The highest BCUT2D eigenvalue weighted by Crippen LogP contribution is 2.20. The normalized spacial score (nSPS) is 24.5. The molecule has 20 heavy (non-hydrogen) atoms. The van der Waals surface area contributed by atoms with E-state index in [9.17, 15) is 9.59 Å². The lowest BCUT2D eigenvalue weighted by Crippen LogP contribution is -3.14. The molecule has 0 spiro atoms. The number of quaternary nitrogens is 1. The number of rotatable bonds is 5. The largest absolute Gasteiger partial charge is 0.342 e. The van der Waals surface area contributed by atoms with Gasteiger partial charge in [-0.15, -0.1) is 0 Å². The van der Waals surface area contributed by atoms with Gasteiger partial charge in [0.2, 0.25) is 11.8 Å². The summed E-state index contributed by atoms with van der Waals surface area (Å²) in [6.45, 7) is 10.7. The van der Waals surface area contributed by atoms with Crippen molar-refractivity contribution < 1.29 is 14.5 Å². The van der Waals surface area contributed by atoms with Crippen molar-refractivity contribution in [1.82, 2.24) is 9.80 Å². The van der Waals surface area contributed by atoms with Gasteiger partial charge in [-0.3, -0.25) is 9.59 Å². The highest BCUT2D eigenvalue weighted by atomic mass is 16.2. The Balaban J connectivity index is 1.83. The van der Waals surface area contributed by atoms with E-state index < -0.39 is 0 Å². The van der Waals surface area contributed by atoms with E-state index in [0.29, 0.717) is 13.0 Å². The molecular weight excluding hydrogens is 254 g/mol. The molecule has 2 amide bonds. The first-order valence-corrected chi connectivity index (χ1v) is 8.05. The van der Waals surface area contributed by atoms with Crippen LogP contribution in [0.2, 0.25) is 0 Å². The number of piperazine rings is 1. The van der Waals surface area contributed by atoms with Crippen LogP contribution in [0.25, 0.3) is 0 Å². The number of hydrogen-bond donors (Lipinski definition) is 1. The summed E-state index contributed by atoms with van der Waals surface area (Å²) in [4.78, 5) is 29.8. The van der Waals surface area contributed by atoms with Crippen LogP contribution in [0.4, 0.5) is 0 Å². The van der Waals surface area contributed by atoms with Gasteiger partial charge in [0.15, 0.2) is 0 Å². The molecule has 2 heterocycles. The fourth-order valence-electron chi connectivity index (χ4n) is 3.16. The summed E-state index contributed by atoms with van der Waals surface area (Å²) in [6, 6.07) is 0.